The summed E-state index contributed by atoms with van der Waals surface area (Å²) in [5, 5.41) is 11.1. The van der Waals surface area contributed by atoms with E-state index in [2.05, 4.69) is 0 Å². The van der Waals surface area contributed by atoms with Crippen LogP contribution in [0.1, 0.15) is 12.0 Å². The van der Waals surface area contributed by atoms with Crippen LogP contribution in [0.25, 0.3) is 0 Å². The Morgan fingerprint density at radius 3 is 2.94 bits per heavy atom. The largest absolute Gasteiger partial charge is 0.380 e. The minimum Gasteiger partial charge on any atom is -0.380 e. The molecule has 0 aromatic heterocycles. The van der Waals surface area contributed by atoms with E-state index in [-0.39, 0.29) is 10.6 Å². The molecule has 0 spiro atoms. The molecule has 2 rings (SSSR count). The minimum absolute atomic E-state index is 0.187. The molecule has 5 heteroatoms. The number of nitrogens with zero attached hydrogens (tertiary/aromatic N) is 1. The highest BCUT2D eigenvalue weighted by atomic mass is 32.2. The van der Waals surface area contributed by atoms with Crippen LogP contribution in [-0.4, -0.2) is 23.4 Å². The number of nitro benzene ring substituents is 1. The highest BCUT2D eigenvalue weighted by Gasteiger charge is 2.18. The van der Waals surface area contributed by atoms with Gasteiger partial charge in [0.05, 0.1) is 11.5 Å². The first kappa shape index (κ1) is 11.4. The van der Waals surface area contributed by atoms with Crippen molar-refractivity contribution in [2.24, 2.45) is 0 Å². The summed E-state index contributed by atoms with van der Waals surface area (Å²) in [4.78, 5) is 11.4. The maximum Gasteiger partial charge on any atom is 0.272 e. The van der Waals surface area contributed by atoms with Crippen molar-refractivity contribution >= 4 is 17.4 Å². The predicted octanol–water partition coefficient (Wildman–Crippen LogP) is 2.78. The Morgan fingerprint density at radius 2 is 2.38 bits per heavy atom. The summed E-state index contributed by atoms with van der Waals surface area (Å²) in [6, 6.07) is 5.27. The molecular weight excluding hydrogens is 226 g/mol. The molecule has 1 fully saturated rings. The Morgan fingerprint density at radius 1 is 1.56 bits per heavy atom. The van der Waals surface area contributed by atoms with Crippen LogP contribution in [0.15, 0.2) is 23.1 Å². The van der Waals surface area contributed by atoms with E-state index in [0.29, 0.717) is 10.8 Å². The smallest absolute Gasteiger partial charge is 0.272 e. The van der Waals surface area contributed by atoms with E-state index >= 15 is 0 Å². The summed E-state index contributed by atoms with van der Waals surface area (Å²) in [7, 11) is 0. The second kappa shape index (κ2) is 4.84. The number of rotatable bonds is 3. The lowest BCUT2D eigenvalue weighted by Gasteiger charge is -2.07. The van der Waals surface area contributed by atoms with Gasteiger partial charge >= 0.3 is 0 Å². The van der Waals surface area contributed by atoms with Gasteiger partial charge in [-0.3, -0.25) is 10.1 Å². The molecule has 0 radical (unpaired) electrons. The molecular formula is C11H13NO3S. The van der Waals surface area contributed by atoms with Crippen molar-refractivity contribution in [2.75, 3.05) is 13.2 Å². The van der Waals surface area contributed by atoms with Gasteiger partial charge in [-0.2, -0.15) is 0 Å². The van der Waals surface area contributed by atoms with E-state index < -0.39 is 0 Å². The molecule has 0 bridgehead atoms. The Hall–Kier alpha value is -1.07. The third kappa shape index (κ3) is 2.54. The van der Waals surface area contributed by atoms with E-state index in [4.69, 9.17) is 4.74 Å². The van der Waals surface area contributed by atoms with Crippen LogP contribution >= 0.6 is 11.8 Å². The third-order valence-corrected chi connectivity index (χ3v) is 3.79. The van der Waals surface area contributed by atoms with Gasteiger partial charge in [-0.25, -0.2) is 0 Å². The van der Waals surface area contributed by atoms with E-state index in [1.165, 1.54) is 0 Å². The third-order valence-electron chi connectivity index (χ3n) is 2.56. The molecule has 1 aliphatic rings. The predicted molar refractivity (Wildman–Crippen MR) is 62.9 cm³/mol. The van der Waals surface area contributed by atoms with Crippen molar-refractivity contribution in [3.8, 4) is 0 Å². The van der Waals surface area contributed by atoms with Gasteiger partial charge in [0.1, 0.15) is 0 Å². The van der Waals surface area contributed by atoms with Crippen molar-refractivity contribution in [2.45, 2.75) is 23.5 Å². The monoisotopic (exact) mass is 239 g/mol. The number of ether oxygens (including phenoxy) is 1. The molecule has 0 saturated carbocycles. The zero-order valence-electron chi connectivity index (χ0n) is 9.01. The molecule has 0 aliphatic carbocycles. The number of nitro groups is 1. The number of benzene rings is 1. The van der Waals surface area contributed by atoms with E-state index in [9.17, 15) is 10.1 Å². The lowest BCUT2D eigenvalue weighted by molar-refractivity contribution is -0.385. The zero-order valence-corrected chi connectivity index (χ0v) is 9.83. The SMILES string of the molecule is Cc1cc(S[C@H]2CCOC2)ccc1[N+](=O)[O-]. The van der Waals surface area contributed by atoms with Crippen molar-refractivity contribution in [1.82, 2.24) is 0 Å². The molecule has 1 saturated heterocycles. The van der Waals surface area contributed by atoms with Gasteiger partial charge in [0.2, 0.25) is 0 Å². The lowest BCUT2D eigenvalue weighted by atomic mass is 10.2. The molecule has 1 atom stereocenters. The zero-order chi connectivity index (χ0) is 11.5. The van der Waals surface area contributed by atoms with Crippen LogP contribution in [0.5, 0.6) is 0 Å². The Labute approximate surface area is 98.1 Å². The first-order valence-corrected chi connectivity index (χ1v) is 6.04. The first-order valence-electron chi connectivity index (χ1n) is 5.16. The van der Waals surface area contributed by atoms with Crippen LogP contribution in [-0.2, 0) is 4.74 Å². The molecule has 4 nitrogen and oxygen atoms in total. The number of aryl methyl sites for hydroxylation is 1. The summed E-state index contributed by atoms with van der Waals surface area (Å²) in [5.41, 5.74) is 0.904. The van der Waals surface area contributed by atoms with Gasteiger partial charge in [0, 0.05) is 28.4 Å². The van der Waals surface area contributed by atoms with Gasteiger partial charge < -0.3 is 4.74 Å². The summed E-state index contributed by atoms with van der Waals surface area (Å²) in [5.74, 6) is 0. The first-order chi connectivity index (χ1) is 7.66. The number of hydrogen-bond acceptors (Lipinski definition) is 4. The van der Waals surface area contributed by atoms with Crippen molar-refractivity contribution in [3.05, 3.63) is 33.9 Å². The fourth-order valence-corrected chi connectivity index (χ4v) is 2.86. The fraction of sp³-hybridized carbons (Fsp3) is 0.455. The van der Waals surface area contributed by atoms with Gasteiger partial charge in [0.25, 0.3) is 5.69 Å². The minimum atomic E-state index is -0.345. The molecule has 86 valence electrons. The van der Waals surface area contributed by atoms with Crippen molar-refractivity contribution in [1.29, 1.82) is 0 Å². The molecule has 1 heterocycles. The maximum atomic E-state index is 10.7. The Bertz CT molecular complexity index is 402. The van der Waals surface area contributed by atoms with E-state index in [1.54, 1.807) is 24.8 Å². The molecule has 1 aliphatic heterocycles. The van der Waals surface area contributed by atoms with Gasteiger partial charge in [-0.15, -0.1) is 11.8 Å². The van der Waals surface area contributed by atoms with E-state index in [1.807, 2.05) is 12.1 Å². The maximum absolute atomic E-state index is 10.7. The average Bonchev–Trinajstić information content (AvgIpc) is 2.70. The van der Waals surface area contributed by atoms with Gasteiger partial charge in [0.15, 0.2) is 0 Å². The second-order valence-electron chi connectivity index (χ2n) is 3.81. The van der Waals surface area contributed by atoms with Crippen LogP contribution in [0.4, 0.5) is 5.69 Å². The molecule has 1 aromatic carbocycles. The molecule has 1 aromatic rings. The molecule has 0 N–H and O–H groups in total. The Kier molecular flexibility index (Phi) is 3.46. The van der Waals surface area contributed by atoms with Crippen LogP contribution in [0.2, 0.25) is 0 Å². The fourth-order valence-electron chi connectivity index (χ4n) is 1.70. The number of thioether (sulfide) groups is 1. The van der Waals surface area contributed by atoms with Crippen LogP contribution in [0, 0.1) is 17.0 Å². The molecule has 0 unspecified atom stereocenters. The summed E-state index contributed by atoms with van der Waals surface area (Å²) >= 11 is 1.74. The number of hydrogen-bond donors (Lipinski definition) is 0. The molecule has 0 amide bonds. The van der Waals surface area contributed by atoms with Gasteiger partial charge in [-0.1, -0.05) is 0 Å². The highest BCUT2D eigenvalue weighted by molar-refractivity contribution is 8.00. The van der Waals surface area contributed by atoms with Crippen LogP contribution in [0.3, 0.4) is 0 Å². The molecule has 16 heavy (non-hydrogen) atoms. The highest BCUT2D eigenvalue weighted by Crippen LogP contribution is 2.31. The summed E-state index contributed by atoms with van der Waals surface area (Å²) in [6.45, 7) is 3.37. The van der Waals surface area contributed by atoms with Crippen molar-refractivity contribution < 1.29 is 9.66 Å². The normalized spacial score (nSPS) is 19.9. The van der Waals surface area contributed by atoms with Crippen molar-refractivity contribution in [3.63, 3.8) is 0 Å². The summed E-state index contributed by atoms with van der Waals surface area (Å²) < 4.78 is 5.29. The van der Waals surface area contributed by atoms with Crippen LogP contribution < -0.4 is 0 Å². The average molecular weight is 239 g/mol. The second-order valence-corrected chi connectivity index (χ2v) is 5.18. The standard InChI is InChI=1S/C11H13NO3S/c1-8-6-9(2-3-11(8)12(13)14)16-10-4-5-15-7-10/h2-3,6,10H,4-5,7H2,1H3/t10-/m0/s1. The topological polar surface area (TPSA) is 52.4 Å². The van der Waals surface area contributed by atoms with Gasteiger partial charge in [-0.05, 0) is 25.5 Å². The Balaban J connectivity index is 2.11. The summed E-state index contributed by atoms with van der Waals surface area (Å²) in [6.07, 6.45) is 1.06. The lowest BCUT2D eigenvalue weighted by Crippen LogP contribution is -2.00. The quantitative estimate of drug-likeness (QED) is 0.601. The van der Waals surface area contributed by atoms with E-state index in [0.717, 1.165) is 24.5 Å².